The molecule has 0 aliphatic carbocycles. The number of nitrogens with zero attached hydrogens (tertiary/aromatic N) is 1. The van der Waals surface area contributed by atoms with Crippen LogP contribution < -0.4 is 14.8 Å². The molecule has 0 atom stereocenters. The van der Waals surface area contributed by atoms with Gasteiger partial charge in [0.15, 0.2) is 0 Å². The molecule has 3 rings (SSSR count). The van der Waals surface area contributed by atoms with E-state index in [2.05, 4.69) is 31.0 Å². The van der Waals surface area contributed by atoms with Gasteiger partial charge in [0.25, 0.3) is 15.9 Å². The van der Waals surface area contributed by atoms with E-state index in [1.165, 1.54) is 25.3 Å². The van der Waals surface area contributed by atoms with Gasteiger partial charge in [0, 0.05) is 28.8 Å². The Morgan fingerprint density at radius 3 is 2.63 bits per heavy atom. The van der Waals surface area contributed by atoms with Crippen LogP contribution in [0.3, 0.4) is 0 Å². The Morgan fingerprint density at radius 1 is 1.13 bits per heavy atom. The highest BCUT2D eigenvalue weighted by atomic mass is 79.9. The van der Waals surface area contributed by atoms with Gasteiger partial charge in [-0.3, -0.25) is 9.52 Å². The predicted molar refractivity (Wildman–Crippen MR) is 118 cm³/mol. The second-order valence-corrected chi connectivity index (χ2v) is 9.04. The Kier molecular flexibility index (Phi) is 6.73. The number of carbonyl (C=O) groups is 1. The van der Waals surface area contributed by atoms with Crippen LogP contribution >= 0.6 is 15.9 Å². The fourth-order valence-corrected chi connectivity index (χ4v) is 4.24. The minimum Gasteiger partial charge on any atom is -0.481 e. The Balaban J connectivity index is 1.73. The zero-order valence-electron chi connectivity index (χ0n) is 16.3. The van der Waals surface area contributed by atoms with Gasteiger partial charge >= 0.3 is 0 Å². The van der Waals surface area contributed by atoms with E-state index in [1.54, 1.807) is 36.5 Å². The summed E-state index contributed by atoms with van der Waals surface area (Å²) in [5.41, 5.74) is 2.37. The van der Waals surface area contributed by atoms with Crippen molar-refractivity contribution >= 4 is 37.5 Å². The van der Waals surface area contributed by atoms with Gasteiger partial charge in [-0.2, -0.15) is 0 Å². The third-order valence-corrected chi connectivity index (χ3v) is 6.29. The van der Waals surface area contributed by atoms with Crippen molar-refractivity contribution in [1.82, 2.24) is 10.3 Å². The molecule has 0 aliphatic rings. The number of sulfonamides is 1. The van der Waals surface area contributed by atoms with Crippen LogP contribution in [0.4, 0.5) is 5.69 Å². The number of hydrogen-bond acceptors (Lipinski definition) is 5. The van der Waals surface area contributed by atoms with E-state index in [0.717, 1.165) is 11.1 Å². The van der Waals surface area contributed by atoms with E-state index < -0.39 is 10.0 Å². The van der Waals surface area contributed by atoms with Crippen LogP contribution in [-0.2, 0) is 16.6 Å². The first-order valence-corrected chi connectivity index (χ1v) is 11.2. The molecule has 2 aromatic carbocycles. The number of pyridine rings is 1. The molecule has 30 heavy (non-hydrogen) atoms. The van der Waals surface area contributed by atoms with Crippen LogP contribution in [0.1, 0.15) is 21.5 Å². The topological polar surface area (TPSA) is 97.4 Å². The molecule has 0 aliphatic heterocycles. The molecule has 2 N–H and O–H groups in total. The highest BCUT2D eigenvalue weighted by Gasteiger charge is 2.18. The van der Waals surface area contributed by atoms with E-state index in [4.69, 9.17) is 4.74 Å². The summed E-state index contributed by atoms with van der Waals surface area (Å²) < 4.78 is 33.8. The third-order valence-electron chi connectivity index (χ3n) is 4.23. The molecule has 9 heteroatoms. The van der Waals surface area contributed by atoms with Crippen molar-refractivity contribution in [2.24, 2.45) is 0 Å². The van der Waals surface area contributed by atoms with Crippen LogP contribution in [0, 0.1) is 6.92 Å². The SMILES string of the molecule is COc1ccc(CNC(=O)c2cccc(S(=O)(=O)Nc3cc(C)ccc3Br)c2)cn1. The Labute approximate surface area is 183 Å². The molecule has 1 amide bonds. The summed E-state index contributed by atoms with van der Waals surface area (Å²) in [5.74, 6) is 0.0929. The summed E-state index contributed by atoms with van der Waals surface area (Å²) >= 11 is 3.34. The molecule has 1 heterocycles. The molecule has 0 spiro atoms. The Hall–Kier alpha value is -2.91. The number of methoxy groups -OCH3 is 1. The summed E-state index contributed by atoms with van der Waals surface area (Å²) in [6.07, 6.45) is 1.60. The second kappa shape index (κ2) is 9.27. The van der Waals surface area contributed by atoms with E-state index in [1.807, 2.05) is 13.0 Å². The Bertz CT molecular complexity index is 1170. The molecule has 0 radical (unpaired) electrons. The number of amides is 1. The van der Waals surface area contributed by atoms with Crippen LogP contribution in [0.25, 0.3) is 0 Å². The molecule has 3 aromatic rings. The molecule has 0 unspecified atom stereocenters. The smallest absolute Gasteiger partial charge is 0.261 e. The first-order valence-electron chi connectivity index (χ1n) is 8.94. The second-order valence-electron chi connectivity index (χ2n) is 6.51. The predicted octanol–water partition coefficient (Wildman–Crippen LogP) is 3.89. The van der Waals surface area contributed by atoms with Gasteiger partial charge in [-0.1, -0.05) is 18.2 Å². The number of aryl methyl sites for hydroxylation is 1. The lowest BCUT2D eigenvalue weighted by Crippen LogP contribution is -2.23. The van der Waals surface area contributed by atoms with Gasteiger partial charge in [0.2, 0.25) is 5.88 Å². The van der Waals surface area contributed by atoms with E-state index in [-0.39, 0.29) is 22.9 Å². The molecule has 1 aromatic heterocycles. The molecule has 0 bridgehead atoms. The number of nitrogens with one attached hydrogen (secondary N) is 2. The van der Waals surface area contributed by atoms with Gasteiger partial charge in [0.1, 0.15) is 0 Å². The fourth-order valence-electron chi connectivity index (χ4n) is 2.65. The average Bonchev–Trinajstić information content (AvgIpc) is 2.75. The summed E-state index contributed by atoms with van der Waals surface area (Å²) in [6.45, 7) is 2.12. The third kappa shape index (κ3) is 5.37. The lowest BCUT2D eigenvalue weighted by molar-refractivity contribution is 0.0950. The van der Waals surface area contributed by atoms with Gasteiger partial charge in [0.05, 0.1) is 17.7 Å². The van der Waals surface area contributed by atoms with Crippen molar-refractivity contribution in [3.05, 3.63) is 82.0 Å². The van der Waals surface area contributed by atoms with Crippen molar-refractivity contribution in [2.45, 2.75) is 18.4 Å². The van der Waals surface area contributed by atoms with Crippen molar-refractivity contribution < 1.29 is 17.9 Å². The van der Waals surface area contributed by atoms with E-state index in [9.17, 15) is 13.2 Å². The average molecular weight is 490 g/mol. The lowest BCUT2D eigenvalue weighted by atomic mass is 10.2. The van der Waals surface area contributed by atoms with Crippen molar-refractivity contribution in [3.63, 3.8) is 0 Å². The van der Waals surface area contributed by atoms with E-state index in [0.29, 0.717) is 16.0 Å². The highest BCUT2D eigenvalue weighted by molar-refractivity contribution is 9.10. The molecule has 0 saturated heterocycles. The fraction of sp³-hybridized carbons (Fsp3) is 0.143. The molecule has 7 nitrogen and oxygen atoms in total. The first kappa shape index (κ1) is 21.8. The monoisotopic (exact) mass is 489 g/mol. The van der Waals surface area contributed by atoms with E-state index >= 15 is 0 Å². The number of carbonyl (C=O) groups excluding carboxylic acids is 1. The van der Waals surface area contributed by atoms with Gasteiger partial charge in [-0.05, 0) is 64.3 Å². The summed E-state index contributed by atoms with van der Waals surface area (Å²) in [4.78, 5) is 16.6. The number of benzene rings is 2. The molecule has 0 saturated carbocycles. The quantitative estimate of drug-likeness (QED) is 0.524. The number of halogens is 1. The standard InChI is InChI=1S/C21H20BrN3O4S/c1-14-6-8-18(22)19(10-14)25-30(27,28)17-5-3-4-16(11-17)21(26)24-13-15-7-9-20(29-2)23-12-15/h3-12,25H,13H2,1-2H3,(H,24,26). The molecule has 156 valence electrons. The molecule has 0 fully saturated rings. The van der Waals surface area contributed by atoms with Gasteiger partial charge < -0.3 is 10.1 Å². The zero-order valence-corrected chi connectivity index (χ0v) is 18.7. The molecular formula is C21H20BrN3O4S. The maximum Gasteiger partial charge on any atom is 0.261 e. The van der Waals surface area contributed by atoms with Crippen molar-refractivity contribution in [3.8, 4) is 5.88 Å². The lowest BCUT2D eigenvalue weighted by Gasteiger charge is -2.12. The summed E-state index contributed by atoms with van der Waals surface area (Å²) in [6, 6.07) is 14.7. The maximum absolute atomic E-state index is 12.8. The number of hydrogen-bond donors (Lipinski definition) is 2. The normalized spacial score (nSPS) is 11.0. The van der Waals surface area contributed by atoms with Gasteiger partial charge in [-0.25, -0.2) is 13.4 Å². The van der Waals surface area contributed by atoms with Crippen LogP contribution in [0.5, 0.6) is 5.88 Å². The van der Waals surface area contributed by atoms with Crippen molar-refractivity contribution in [1.29, 1.82) is 0 Å². The van der Waals surface area contributed by atoms with Crippen molar-refractivity contribution in [2.75, 3.05) is 11.8 Å². The highest BCUT2D eigenvalue weighted by Crippen LogP contribution is 2.26. The summed E-state index contributed by atoms with van der Waals surface area (Å²) in [5, 5.41) is 2.76. The van der Waals surface area contributed by atoms with Crippen LogP contribution in [0.15, 0.2) is 70.2 Å². The van der Waals surface area contributed by atoms with Gasteiger partial charge in [-0.15, -0.1) is 0 Å². The number of aromatic nitrogens is 1. The van der Waals surface area contributed by atoms with Crippen LogP contribution in [-0.4, -0.2) is 26.4 Å². The first-order chi connectivity index (χ1) is 14.3. The molecular weight excluding hydrogens is 470 g/mol. The number of rotatable bonds is 7. The zero-order chi connectivity index (χ0) is 21.7. The maximum atomic E-state index is 12.8. The minimum absolute atomic E-state index is 0.00493. The largest absolute Gasteiger partial charge is 0.481 e. The summed E-state index contributed by atoms with van der Waals surface area (Å²) in [7, 11) is -2.34. The Morgan fingerprint density at radius 2 is 1.93 bits per heavy atom. The minimum atomic E-state index is -3.87. The number of anilines is 1. The van der Waals surface area contributed by atoms with Crippen LogP contribution in [0.2, 0.25) is 0 Å². The number of ether oxygens (including phenoxy) is 1.